The van der Waals surface area contributed by atoms with Crippen LogP contribution in [0.5, 0.6) is 11.5 Å². The zero-order valence-electron chi connectivity index (χ0n) is 19.9. The van der Waals surface area contributed by atoms with Crippen molar-refractivity contribution in [2.24, 2.45) is 0 Å². The van der Waals surface area contributed by atoms with Gasteiger partial charge in [-0.3, -0.25) is 9.69 Å². The Bertz CT molecular complexity index is 1220. The molecule has 5 nitrogen and oxygen atoms in total. The lowest BCUT2D eigenvalue weighted by molar-refractivity contribution is -0.132. The molecule has 0 amide bonds. The topological polar surface area (TPSA) is 59.0 Å². The van der Waals surface area contributed by atoms with Crippen molar-refractivity contribution in [2.75, 3.05) is 6.54 Å². The predicted molar refractivity (Wildman–Crippen MR) is 131 cm³/mol. The van der Waals surface area contributed by atoms with Crippen LogP contribution < -0.4 is 9.47 Å². The minimum absolute atomic E-state index is 0.00573. The van der Waals surface area contributed by atoms with Gasteiger partial charge in [-0.05, 0) is 78.8 Å². The summed E-state index contributed by atoms with van der Waals surface area (Å²) in [6.07, 6.45) is 0.818. The standard InChI is InChI=1S/C29H29F2NO4/c30-22-8-12-26-20(14-22)6-10-24(35-26)16-29(34)32(17-19-4-2-1-3-5-19)18-25(33)28-11-7-21-15-23(31)9-13-27(21)36-28/h1-5,8-9,12-15,24,28-29,34H,6-7,10-11,16-18H2/t24-,28-,29?/m1/s1. The fraction of sp³-hybridized carbons (Fsp3) is 0.345. The molecule has 1 N–H and O–H groups in total. The van der Waals surface area contributed by atoms with Crippen molar-refractivity contribution in [3.63, 3.8) is 0 Å². The van der Waals surface area contributed by atoms with E-state index in [9.17, 15) is 18.7 Å². The van der Waals surface area contributed by atoms with E-state index in [-0.39, 0.29) is 30.1 Å². The number of halogens is 2. The van der Waals surface area contributed by atoms with Gasteiger partial charge in [0.05, 0.1) is 6.54 Å². The first kappa shape index (κ1) is 24.4. The number of nitrogens with zero attached hydrogens (tertiary/aromatic N) is 1. The third-order valence-corrected chi connectivity index (χ3v) is 6.86. The fourth-order valence-corrected chi connectivity index (χ4v) is 4.93. The highest BCUT2D eigenvalue weighted by Crippen LogP contribution is 2.31. The number of rotatable bonds is 8. The number of aliphatic hydroxyl groups excluding tert-OH is 1. The number of aryl methyl sites for hydroxylation is 2. The number of hydrogen-bond acceptors (Lipinski definition) is 5. The van der Waals surface area contributed by atoms with Crippen molar-refractivity contribution in [1.29, 1.82) is 0 Å². The van der Waals surface area contributed by atoms with Crippen LogP contribution in [0, 0.1) is 11.6 Å². The zero-order chi connectivity index (χ0) is 25.1. The number of carbonyl (C=O) groups is 1. The summed E-state index contributed by atoms with van der Waals surface area (Å²) < 4.78 is 39.0. The molecule has 0 saturated carbocycles. The highest BCUT2D eigenvalue weighted by Gasteiger charge is 2.31. The van der Waals surface area contributed by atoms with Crippen molar-refractivity contribution in [2.45, 2.75) is 57.1 Å². The molecule has 0 fully saturated rings. The van der Waals surface area contributed by atoms with E-state index in [0.717, 1.165) is 16.7 Å². The van der Waals surface area contributed by atoms with Gasteiger partial charge in [-0.25, -0.2) is 8.78 Å². The molecule has 188 valence electrons. The second kappa shape index (κ2) is 10.8. The Kier molecular flexibility index (Phi) is 7.30. The van der Waals surface area contributed by atoms with Crippen LogP contribution in [-0.2, 0) is 24.2 Å². The van der Waals surface area contributed by atoms with E-state index in [1.165, 1.54) is 24.3 Å². The van der Waals surface area contributed by atoms with Gasteiger partial charge in [-0.2, -0.15) is 0 Å². The second-order valence-corrected chi connectivity index (χ2v) is 9.50. The number of Topliss-reactive ketones (excluding diaryl/α,β-unsaturated/α-hetero) is 1. The Labute approximate surface area is 209 Å². The molecular weight excluding hydrogens is 464 g/mol. The molecule has 3 aromatic carbocycles. The maximum atomic E-state index is 13.5. The molecule has 1 unspecified atom stereocenters. The molecule has 0 bridgehead atoms. The summed E-state index contributed by atoms with van der Waals surface area (Å²) in [7, 11) is 0. The Balaban J connectivity index is 1.27. The lowest BCUT2D eigenvalue weighted by Gasteiger charge is -2.33. The molecule has 3 atom stereocenters. The van der Waals surface area contributed by atoms with E-state index in [4.69, 9.17) is 9.47 Å². The number of ketones is 1. The molecule has 0 radical (unpaired) electrons. The van der Waals surface area contributed by atoms with E-state index in [2.05, 4.69) is 0 Å². The molecule has 0 aliphatic carbocycles. The average molecular weight is 494 g/mol. The van der Waals surface area contributed by atoms with Crippen LogP contribution in [0.1, 0.15) is 36.0 Å². The van der Waals surface area contributed by atoms with Gasteiger partial charge in [0.25, 0.3) is 0 Å². The maximum Gasteiger partial charge on any atom is 0.187 e. The Morgan fingerprint density at radius 1 is 0.917 bits per heavy atom. The van der Waals surface area contributed by atoms with Crippen molar-refractivity contribution in [1.82, 2.24) is 4.90 Å². The molecular formula is C29H29F2NO4. The van der Waals surface area contributed by atoms with E-state index >= 15 is 0 Å². The first-order chi connectivity index (χ1) is 17.4. The highest BCUT2D eigenvalue weighted by molar-refractivity contribution is 5.85. The molecule has 2 aliphatic rings. The quantitative estimate of drug-likeness (QED) is 0.456. The molecule has 3 aromatic rings. The Morgan fingerprint density at radius 2 is 1.56 bits per heavy atom. The first-order valence-electron chi connectivity index (χ1n) is 12.3. The van der Waals surface area contributed by atoms with E-state index in [1.807, 2.05) is 30.3 Å². The molecule has 2 heterocycles. The number of fused-ring (bicyclic) bond motifs is 2. The Hall–Kier alpha value is -3.29. The number of ether oxygens (including phenoxy) is 2. The van der Waals surface area contributed by atoms with Crippen LogP contribution in [0.3, 0.4) is 0 Å². The lowest BCUT2D eigenvalue weighted by Crippen LogP contribution is -2.45. The number of benzene rings is 3. The minimum Gasteiger partial charge on any atom is -0.490 e. The first-order valence-corrected chi connectivity index (χ1v) is 12.3. The summed E-state index contributed by atoms with van der Waals surface area (Å²) in [5, 5.41) is 11.2. The van der Waals surface area contributed by atoms with Gasteiger partial charge < -0.3 is 14.6 Å². The van der Waals surface area contributed by atoms with Crippen molar-refractivity contribution in [3.8, 4) is 11.5 Å². The van der Waals surface area contributed by atoms with Crippen LogP contribution in [0.15, 0.2) is 66.7 Å². The summed E-state index contributed by atoms with van der Waals surface area (Å²) in [5.41, 5.74) is 2.56. The van der Waals surface area contributed by atoms with Crippen LogP contribution >= 0.6 is 0 Å². The van der Waals surface area contributed by atoms with Gasteiger partial charge in [-0.1, -0.05) is 30.3 Å². The van der Waals surface area contributed by atoms with Crippen LogP contribution in [0.4, 0.5) is 8.78 Å². The third-order valence-electron chi connectivity index (χ3n) is 6.86. The summed E-state index contributed by atoms with van der Waals surface area (Å²) in [6, 6.07) is 18.5. The molecule has 0 aromatic heterocycles. The van der Waals surface area contributed by atoms with Crippen molar-refractivity contribution in [3.05, 3.63) is 95.1 Å². The van der Waals surface area contributed by atoms with Gasteiger partial charge in [-0.15, -0.1) is 0 Å². The second-order valence-electron chi connectivity index (χ2n) is 9.50. The van der Waals surface area contributed by atoms with Gasteiger partial charge in [0.1, 0.15) is 35.5 Å². The highest BCUT2D eigenvalue weighted by atomic mass is 19.1. The summed E-state index contributed by atoms with van der Waals surface area (Å²) >= 11 is 0. The number of hydrogen-bond donors (Lipinski definition) is 1. The molecule has 0 saturated heterocycles. The van der Waals surface area contributed by atoms with E-state index < -0.39 is 12.3 Å². The molecule has 7 heteroatoms. The van der Waals surface area contributed by atoms with Crippen molar-refractivity contribution >= 4 is 5.78 Å². The summed E-state index contributed by atoms with van der Waals surface area (Å²) in [4.78, 5) is 15.0. The SMILES string of the molecule is O=C(CN(Cc1ccccc1)C(O)C[C@H]1CCc2cc(F)ccc2O1)[C@H]1CCc2cc(F)ccc2O1. The number of aliphatic hydroxyl groups is 1. The van der Waals surface area contributed by atoms with E-state index in [0.29, 0.717) is 50.1 Å². The lowest BCUT2D eigenvalue weighted by atomic mass is 9.98. The Morgan fingerprint density at radius 3 is 2.25 bits per heavy atom. The largest absolute Gasteiger partial charge is 0.490 e. The van der Waals surface area contributed by atoms with Crippen LogP contribution in [0.2, 0.25) is 0 Å². The van der Waals surface area contributed by atoms with Crippen molar-refractivity contribution < 1.29 is 28.2 Å². The normalized spacial score (nSPS) is 19.6. The van der Waals surface area contributed by atoms with Gasteiger partial charge in [0, 0.05) is 13.0 Å². The zero-order valence-corrected chi connectivity index (χ0v) is 19.9. The number of carbonyl (C=O) groups excluding carboxylic acids is 1. The fourth-order valence-electron chi connectivity index (χ4n) is 4.93. The smallest absolute Gasteiger partial charge is 0.187 e. The minimum atomic E-state index is -0.925. The third kappa shape index (κ3) is 5.74. The molecule has 36 heavy (non-hydrogen) atoms. The monoisotopic (exact) mass is 493 g/mol. The maximum absolute atomic E-state index is 13.5. The van der Waals surface area contributed by atoms with Gasteiger partial charge in [0.15, 0.2) is 11.9 Å². The summed E-state index contributed by atoms with van der Waals surface area (Å²) in [6.45, 7) is 0.391. The molecule has 2 aliphatic heterocycles. The predicted octanol–water partition coefficient (Wildman–Crippen LogP) is 4.83. The average Bonchev–Trinajstić information content (AvgIpc) is 2.88. The van der Waals surface area contributed by atoms with Crippen LogP contribution in [-0.4, -0.2) is 40.8 Å². The van der Waals surface area contributed by atoms with Gasteiger partial charge >= 0.3 is 0 Å². The van der Waals surface area contributed by atoms with Gasteiger partial charge in [0.2, 0.25) is 0 Å². The summed E-state index contributed by atoms with van der Waals surface area (Å²) in [5.74, 6) is 0.418. The van der Waals surface area contributed by atoms with E-state index in [1.54, 1.807) is 17.0 Å². The van der Waals surface area contributed by atoms with Crippen LogP contribution in [0.25, 0.3) is 0 Å². The molecule has 5 rings (SSSR count). The molecule has 0 spiro atoms.